The second-order valence-corrected chi connectivity index (χ2v) is 10.6. The predicted octanol–water partition coefficient (Wildman–Crippen LogP) is 3.85. The van der Waals surface area contributed by atoms with Gasteiger partial charge < -0.3 is 39.4 Å². The molecule has 4 aromatic rings. The molecule has 1 aliphatic rings. The van der Waals surface area contributed by atoms with Crippen LogP contribution in [0, 0.1) is 0 Å². The first-order valence-corrected chi connectivity index (χ1v) is 15.0. The van der Waals surface area contributed by atoms with Crippen LogP contribution in [0.15, 0.2) is 72.8 Å². The maximum absolute atomic E-state index is 9.64. The van der Waals surface area contributed by atoms with Gasteiger partial charge in [0.2, 0.25) is 0 Å². The highest BCUT2D eigenvalue weighted by atomic mass is 16.5. The van der Waals surface area contributed by atoms with Gasteiger partial charge in [-0.25, -0.2) is 0 Å². The summed E-state index contributed by atoms with van der Waals surface area (Å²) in [5.74, 6) is 2.82. The van der Waals surface area contributed by atoms with Crippen LogP contribution in [-0.4, -0.2) is 73.3 Å². The molecular formula is C36H40O8. The summed E-state index contributed by atoms with van der Waals surface area (Å²) in [4.78, 5) is 0. The number of hydrogen-bond acceptors (Lipinski definition) is 8. The molecule has 0 fully saturated rings. The highest BCUT2D eigenvalue weighted by Gasteiger charge is 2.21. The Bertz CT molecular complexity index is 1220. The maximum atomic E-state index is 9.64. The topological polar surface area (TPSA) is 118 Å². The van der Waals surface area contributed by atoms with E-state index in [2.05, 4.69) is 0 Å². The summed E-state index contributed by atoms with van der Waals surface area (Å²) in [5, 5.41) is 38.6. The van der Waals surface area contributed by atoms with Gasteiger partial charge in [0.25, 0.3) is 0 Å². The molecule has 0 saturated heterocycles. The van der Waals surface area contributed by atoms with Gasteiger partial charge in [0.1, 0.15) is 49.4 Å². The fourth-order valence-electron chi connectivity index (χ4n) is 5.82. The fourth-order valence-corrected chi connectivity index (χ4v) is 5.82. The van der Waals surface area contributed by atoms with Gasteiger partial charge in [-0.15, -0.1) is 0 Å². The van der Waals surface area contributed by atoms with Gasteiger partial charge in [-0.3, -0.25) is 0 Å². The van der Waals surface area contributed by atoms with E-state index in [0.717, 1.165) is 44.5 Å². The van der Waals surface area contributed by atoms with Crippen molar-refractivity contribution in [1.82, 2.24) is 0 Å². The summed E-state index contributed by atoms with van der Waals surface area (Å²) >= 11 is 0. The molecule has 44 heavy (non-hydrogen) atoms. The Morgan fingerprint density at radius 3 is 0.682 bits per heavy atom. The fraction of sp³-hybridized carbons (Fsp3) is 0.333. The van der Waals surface area contributed by atoms with E-state index in [9.17, 15) is 20.4 Å². The van der Waals surface area contributed by atoms with Crippen LogP contribution in [0.4, 0.5) is 0 Å². The highest BCUT2D eigenvalue weighted by Crippen LogP contribution is 2.38. The van der Waals surface area contributed by atoms with Gasteiger partial charge in [0, 0.05) is 25.7 Å². The monoisotopic (exact) mass is 600 g/mol. The van der Waals surface area contributed by atoms with Crippen LogP contribution in [-0.2, 0) is 25.7 Å². The van der Waals surface area contributed by atoms with Crippen molar-refractivity contribution in [3.8, 4) is 23.0 Å². The molecule has 232 valence electrons. The van der Waals surface area contributed by atoms with E-state index >= 15 is 0 Å². The minimum Gasteiger partial charge on any atom is -0.491 e. The maximum Gasteiger partial charge on any atom is 0.126 e. The molecule has 4 aromatic carbocycles. The summed E-state index contributed by atoms with van der Waals surface area (Å²) in [5.41, 5.74) is 7.53. The van der Waals surface area contributed by atoms with Crippen molar-refractivity contribution in [2.24, 2.45) is 0 Å². The molecule has 1 aliphatic carbocycles. The summed E-state index contributed by atoms with van der Waals surface area (Å²) in [7, 11) is 0. The van der Waals surface area contributed by atoms with E-state index in [0.29, 0.717) is 48.7 Å². The SMILES string of the molecule is OCCOc1c2cccc1Cc1cccc(c1OCCO)Cc1cccc(c1OCCO)Cc1cccc(c1OCCO)C2. The van der Waals surface area contributed by atoms with Gasteiger partial charge in [0.15, 0.2) is 0 Å². The van der Waals surface area contributed by atoms with Gasteiger partial charge in [-0.05, 0) is 44.5 Å². The minimum atomic E-state index is -0.118. The number of benzene rings is 4. The van der Waals surface area contributed by atoms with Crippen LogP contribution in [0.25, 0.3) is 0 Å². The third-order valence-corrected chi connectivity index (χ3v) is 7.59. The number of ether oxygens (including phenoxy) is 4. The molecule has 8 bridgehead atoms. The first kappa shape index (κ1) is 31.3. The Kier molecular flexibility index (Phi) is 11.1. The zero-order chi connectivity index (χ0) is 30.7. The lowest BCUT2D eigenvalue weighted by atomic mass is 9.91. The molecule has 0 spiro atoms. The van der Waals surface area contributed by atoms with E-state index in [1.54, 1.807) is 0 Å². The van der Waals surface area contributed by atoms with Crippen molar-refractivity contribution < 1.29 is 39.4 Å². The zero-order valence-corrected chi connectivity index (χ0v) is 24.8. The lowest BCUT2D eigenvalue weighted by molar-refractivity contribution is 0.197. The Morgan fingerprint density at radius 1 is 0.341 bits per heavy atom. The molecule has 4 N–H and O–H groups in total. The van der Waals surface area contributed by atoms with E-state index < -0.39 is 0 Å². The molecule has 0 radical (unpaired) electrons. The Balaban J connectivity index is 1.74. The molecule has 0 heterocycles. The molecule has 8 heteroatoms. The van der Waals surface area contributed by atoms with E-state index in [4.69, 9.17) is 18.9 Å². The lowest BCUT2D eigenvalue weighted by Crippen LogP contribution is -2.12. The van der Waals surface area contributed by atoms with E-state index in [1.165, 1.54) is 0 Å². The first-order valence-electron chi connectivity index (χ1n) is 15.0. The van der Waals surface area contributed by atoms with Crippen molar-refractivity contribution in [2.45, 2.75) is 25.7 Å². The normalized spacial score (nSPS) is 12.5. The van der Waals surface area contributed by atoms with Crippen molar-refractivity contribution in [1.29, 1.82) is 0 Å². The molecule has 0 atom stereocenters. The third-order valence-electron chi connectivity index (χ3n) is 7.59. The standard InChI is InChI=1S/C36H40O8/c37-13-17-41-33-25-5-1-6-26(33)22-28-8-3-10-30(35(28)43-19-15-39)24-32-12-4-11-31(36(32)44-20-16-40)23-29-9-2-7-27(21-25)34(29)42-18-14-38/h1-12,37-40H,13-24H2. The largest absolute Gasteiger partial charge is 0.491 e. The molecule has 0 amide bonds. The van der Waals surface area contributed by atoms with Crippen molar-refractivity contribution in [3.63, 3.8) is 0 Å². The summed E-state index contributed by atoms with van der Waals surface area (Å²) in [6, 6.07) is 24.2. The van der Waals surface area contributed by atoms with Crippen LogP contribution in [0.3, 0.4) is 0 Å². The highest BCUT2D eigenvalue weighted by molar-refractivity contribution is 5.56. The zero-order valence-electron chi connectivity index (χ0n) is 24.8. The summed E-state index contributed by atoms with van der Waals surface area (Å²) < 4.78 is 24.7. The van der Waals surface area contributed by atoms with Crippen LogP contribution < -0.4 is 18.9 Å². The summed E-state index contributed by atoms with van der Waals surface area (Å²) in [6.45, 7) is 0.127. The van der Waals surface area contributed by atoms with Gasteiger partial charge >= 0.3 is 0 Å². The molecule has 0 saturated carbocycles. The van der Waals surface area contributed by atoms with Crippen molar-refractivity contribution >= 4 is 0 Å². The first-order chi connectivity index (χ1) is 21.7. The summed E-state index contributed by atoms with van der Waals surface area (Å²) in [6.07, 6.45) is 2.02. The Morgan fingerprint density at radius 2 is 0.523 bits per heavy atom. The average molecular weight is 601 g/mol. The van der Waals surface area contributed by atoms with Crippen molar-refractivity contribution in [2.75, 3.05) is 52.9 Å². The predicted molar refractivity (Wildman–Crippen MR) is 167 cm³/mol. The number of aliphatic hydroxyl groups excluding tert-OH is 4. The van der Waals surface area contributed by atoms with Gasteiger partial charge in [-0.1, -0.05) is 72.8 Å². The van der Waals surface area contributed by atoms with Crippen LogP contribution in [0.2, 0.25) is 0 Å². The van der Waals surface area contributed by atoms with Gasteiger partial charge in [-0.2, -0.15) is 0 Å². The Labute approximate surface area is 258 Å². The lowest BCUT2D eigenvalue weighted by Gasteiger charge is -2.22. The molecule has 0 unspecified atom stereocenters. The molecule has 0 aromatic heterocycles. The van der Waals surface area contributed by atoms with Crippen LogP contribution >= 0.6 is 0 Å². The molecule has 0 aliphatic heterocycles. The molecular weight excluding hydrogens is 560 g/mol. The smallest absolute Gasteiger partial charge is 0.126 e. The van der Waals surface area contributed by atoms with E-state index in [-0.39, 0.29) is 52.9 Å². The third kappa shape index (κ3) is 7.34. The molecule has 5 rings (SSSR count). The number of fused-ring (bicyclic) bond motifs is 8. The number of para-hydroxylation sites is 4. The second kappa shape index (κ2) is 15.6. The molecule has 8 nitrogen and oxygen atoms in total. The van der Waals surface area contributed by atoms with Gasteiger partial charge in [0.05, 0.1) is 26.4 Å². The average Bonchev–Trinajstić information content (AvgIpc) is 3.03. The number of aliphatic hydroxyl groups is 4. The minimum absolute atomic E-state index is 0.118. The van der Waals surface area contributed by atoms with Crippen molar-refractivity contribution in [3.05, 3.63) is 117 Å². The van der Waals surface area contributed by atoms with Crippen LogP contribution in [0.5, 0.6) is 23.0 Å². The second-order valence-electron chi connectivity index (χ2n) is 10.6. The number of rotatable bonds is 12. The van der Waals surface area contributed by atoms with Crippen LogP contribution in [0.1, 0.15) is 44.5 Å². The quantitative estimate of drug-likeness (QED) is 0.171. The number of hydrogen-bond donors (Lipinski definition) is 4. The van der Waals surface area contributed by atoms with E-state index in [1.807, 2.05) is 72.8 Å². The Hall–Kier alpha value is -4.08.